The SMILES string of the molecule is CCn1c(=O)n(CCCOC2CCCCO2)c(=O)c2c1nc(-c1ncc(OC3CCC3C)nc1C)n2Cc1ccc(Cl)cc1. The first kappa shape index (κ1) is 30.5. The maximum atomic E-state index is 14.1. The van der Waals surface area contributed by atoms with Crippen molar-refractivity contribution in [2.45, 2.75) is 91.3 Å². The summed E-state index contributed by atoms with van der Waals surface area (Å²) >= 11 is 6.17. The fourth-order valence-corrected chi connectivity index (χ4v) is 5.99. The Morgan fingerprint density at radius 2 is 1.86 bits per heavy atom. The van der Waals surface area contributed by atoms with E-state index < -0.39 is 11.2 Å². The van der Waals surface area contributed by atoms with E-state index in [0.717, 1.165) is 37.7 Å². The van der Waals surface area contributed by atoms with Gasteiger partial charge in [0, 0.05) is 31.3 Å². The van der Waals surface area contributed by atoms with Gasteiger partial charge in [0.25, 0.3) is 5.56 Å². The van der Waals surface area contributed by atoms with E-state index in [1.165, 1.54) is 4.57 Å². The summed E-state index contributed by atoms with van der Waals surface area (Å²) in [5.41, 5.74) is 1.91. The second-order valence-corrected chi connectivity index (χ2v) is 12.1. The molecule has 2 aliphatic rings. The Morgan fingerprint density at radius 3 is 2.52 bits per heavy atom. The quantitative estimate of drug-likeness (QED) is 0.216. The Hall–Kier alpha value is -3.54. The smallest absolute Gasteiger partial charge is 0.332 e. The monoisotopic (exact) mass is 622 g/mol. The Bertz CT molecular complexity index is 1740. The zero-order chi connectivity index (χ0) is 30.8. The molecule has 11 nitrogen and oxygen atoms in total. The van der Waals surface area contributed by atoms with Gasteiger partial charge in [-0.2, -0.15) is 0 Å². The number of hydrogen-bond donors (Lipinski definition) is 0. The fourth-order valence-electron chi connectivity index (χ4n) is 5.86. The van der Waals surface area contributed by atoms with Crippen molar-refractivity contribution in [2.75, 3.05) is 13.2 Å². The van der Waals surface area contributed by atoms with Crippen LogP contribution in [0, 0.1) is 12.8 Å². The molecule has 0 radical (unpaired) electrons. The number of halogens is 1. The first-order valence-corrected chi connectivity index (χ1v) is 15.9. The third-order valence-corrected chi connectivity index (χ3v) is 8.85. The lowest BCUT2D eigenvalue weighted by Crippen LogP contribution is -2.40. The van der Waals surface area contributed by atoms with E-state index in [1.54, 1.807) is 10.8 Å². The van der Waals surface area contributed by atoms with Crippen LogP contribution < -0.4 is 16.0 Å². The van der Waals surface area contributed by atoms with E-state index in [2.05, 4.69) is 6.92 Å². The Balaban J connectivity index is 1.40. The summed E-state index contributed by atoms with van der Waals surface area (Å²) in [5.74, 6) is 1.41. The third kappa shape index (κ3) is 6.18. The molecule has 0 amide bonds. The minimum Gasteiger partial charge on any atom is -0.473 e. The van der Waals surface area contributed by atoms with Gasteiger partial charge in [0.2, 0.25) is 5.88 Å². The van der Waals surface area contributed by atoms with Crippen molar-refractivity contribution < 1.29 is 14.2 Å². The molecule has 3 aromatic heterocycles. The number of imidazole rings is 1. The highest BCUT2D eigenvalue weighted by atomic mass is 35.5. The molecule has 1 aliphatic carbocycles. The van der Waals surface area contributed by atoms with Crippen molar-refractivity contribution in [1.82, 2.24) is 28.7 Å². The summed E-state index contributed by atoms with van der Waals surface area (Å²) in [7, 11) is 0. The zero-order valence-electron chi connectivity index (χ0n) is 25.5. The van der Waals surface area contributed by atoms with E-state index in [4.69, 9.17) is 40.8 Å². The Labute approximate surface area is 260 Å². The molecule has 0 N–H and O–H groups in total. The molecule has 0 spiro atoms. The van der Waals surface area contributed by atoms with Crippen LogP contribution in [0.2, 0.25) is 5.02 Å². The molecule has 0 bridgehead atoms. The maximum Gasteiger partial charge on any atom is 0.332 e. The molecule has 3 atom stereocenters. The maximum absolute atomic E-state index is 14.1. The van der Waals surface area contributed by atoms with Gasteiger partial charge in [0.1, 0.15) is 11.8 Å². The molecule has 1 saturated heterocycles. The van der Waals surface area contributed by atoms with Crippen LogP contribution in [0.1, 0.15) is 63.6 Å². The lowest BCUT2D eigenvalue weighted by Gasteiger charge is -2.33. The highest BCUT2D eigenvalue weighted by Gasteiger charge is 2.30. The molecule has 6 rings (SSSR count). The average Bonchev–Trinajstić information content (AvgIpc) is 3.39. The molecule has 2 fully saturated rings. The molecule has 1 aliphatic heterocycles. The van der Waals surface area contributed by atoms with Gasteiger partial charge in [0.15, 0.2) is 23.3 Å². The van der Waals surface area contributed by atoms with E-state index in [1.807, 2.05) is 42.7 Å². The van der Waals surface area contributed by atoms with Crippen LogP contribution >= 0.6 is 11.6 Å². The number of aryl methyl sites for hydroxylation is 2. The summed E-state index contributed by atoms with van der Waals surface area (Å²) in [6, 6.07) is 7.44. The van der Waals surface area contributed by atoms with Gasteiger partial charge in [-0.25, -0.2) is 19.7 Å². The van der Waals surface area contributed by atoms with Crippen LogP contribution in [0.4, 0.5) is 0 Å². The molecule has 1 aromatic carbocycles. The zero-order valence-corrected chi connectivity index (χ0v) is 26.3. The first-order valence-electron chi connectivity index (χ1n) is 15.6. The third-order valence-electron chi connectivity index (χ3n) is 8.60. The summed E-state index contributed by atoms with van der Waals surface area (Å²) in [6.07, 6.45) is 7.13. The molecule has 3 unspecified atom stereocenters. The number of nitrogens with zero attached hydrogens (tertiary/aromatic N) is 6. The second kappa shape index (κ2) is 13.2. The average molecular weight is 623 g/mol. The summed E-state index contributed by atoms with van der Waals surface area (Å²) in [5, 5.41) is 0.616. The van der Waals surface area contributed by atoms with Crippen molar-refractivity contribution >= 4 is 22.8 Å². The number of ether oxygens (including phenoxy) is 3. The van der Waals surface area contributed by atoms with Gasteiger partial charge in [-0.3, -0.25) is 13.9 Å². The number of hydrogen-bond acceptors (Lipinski definition) is 8. The predicted molar refractivity (Wildman–Crippen MR) is 167 cm³/mol. The van der Waals surface area contributed by atoms with E-state index in [9.17, 15) is 9.59 Å². The number of aromatic nitrogens is 6. The normalized spacial score (nSPS) is 20.1. The lowest BCUT2D eigenvalue weighted by atomic mass is 9.84. The summed E-state index contributed by atoms with van der Waals surface area (Å²) < 4.78 is 22.3. The molecule has 12 heteroatoms. The second-order valence-electron chi connectivity index (χ2n) is 11.7. The topological polar surface area (TPSA) is 115 Å². The predicted octanol–water partition coefficient (Wildman–Crippen LogP) is 4.96. The van der Waals surface area contributed by atoms with Gasteiger partial charge < -0.3 is 18.8 Å². The minimum absolute atomic E-state index is 0.141. The van der Waals surface area contributed by atoms with Crippen molar-refractivity contribution in [2.24, 2.45) is 5.92 Å². The molecular weight excluding hydrogens is 584 g/mol. The number of rotatable bonds is 11. The highest BCUT2D eigenvalue weighted by Crippen LogP contribution is 2.31. The van der Waals surface area contributed by atoms with Gasteiger partial charge in [-0.15, -0.1) is 0 Å². The number of fused-ring (bicyclic) bond motifs is 1. The van der Waals surface area contributed by atoms with Crippen molar-refractivity contribution in [3.63, 3.8) is 0 Å². The summed E-state index contributed by atoms with van der Waals surface area (Å²) in [6.45, 7) is 7.85. The van der Waals surface area contributed by atoms with Crippen LogP contribution in [0.5, 0.6) is 5.88 Å². The Kier molecular flexibility index (Phi) is 9.16. The lowest BCUT2D eigenvalue weighted by molar-refractivity contribution is -0.163. The fraction of sp³-hybridized carbons (Fsp3) is 0.531. The van der Waals surface area contributed by atoms with E-state index in [0.29, 0.717) is 77.9 Å². The molecule has 1 saturated carbocycles. The van der Waals surface area contributed by atoms with Gasteiger partial charge in [-0.1, -0.05) is 30.7 Å². The number of benzene rings is 1. The van der Waals surface area contributed by atoms with E-state index in [-0.39, 0.29) is 18.9 Å². The van der Waals surface area contributed by atoms with Crippen LogP contribution in [0.15, 0.2) is 40.1 Å². The van der Waals surface area contributed by atoms with Crippen LogP contribution in [-0.2, 0) is 29.1 Å². The first-order chi connectivity index (χ1) is 21.3. The molecule has 4 heterocycles. The molecule has 4 aromatic rings. The molecule has 234 valence electrons. The largest absolute Gasteiger partial charge is 0.473 e. The molecular formula is C32H39ClN6O5. The molecule has 44 heavy (non-hydrogen) atoms. The van der Waals surface area contributed by atoms with Crippen LogP contribution in [0.3, 0.4) is 0 Å². The van der Waals surface area contributed by atoms with Crippen molar-refractivity contribution in [3.8, 4) is 17.4 Å². The van der Waals surface area contributed by atoms with E-state index >= 15 is 0 Å². The van der Waals surface area contributed by atoms with Crippen molar-refractivity contribution in [1.29, 1.82) is 0 Å². The highest BCUT2D eigenvalue weighted by molar-refractivity contribution is 6.30. The van der Waals surface area contributed by atoms with Crippen LogP contribution in [0.25, 0.3) is 22.7 Å². The standard InChI is InChI=1S/C32H39ClN6O5/c1-4-37-30-28(31(40)38(32(37)41)15-7-17-43-26-8-5-6-16-42-26)39(19-22-10-12-23(33)13-11-22)29(36-30)27-21(3)35-25(18-34-27)44-24-14-9-20(24)2/h10-13,18,20,24,26H,4-9,14-17,19H2,1-3H3. The van der Waals surface area contributed by atoms with Gasteiger partial charge in [0.05, 0.1) is 18.5 Å². The van der Waals surface area contributed by atoms with Gasteiger partial charge in [-0.05, 0) is 76.0 Å². The summed E-state index contributed by atoms with van der Waals surface area (Å²) in [4.78, 5) is 42.0. The Morgan fingerprint density at radius 1 is 1.05 bits per heavy atom. The minimum atomic E-state index is -0.402. The van der Waals surface area contributed by atoms with Crippen molar-refractivity contribution in [3.05, 3.63) is 67.6 Å². The van der Waals surface area contributed by atoms with Crippen LogP contribution in [-0.4, -0.2) is 54.3 Å². The van der Waals surface area contributed by atoms with Gasteiger partial charge >= 0.3 is 5.69 Å².